The molecule has 1 amide bonds. The van der Waals surface area contributed by atoms with Crippen molar-refractivity contribution in [3.63, 3.8) is 0 Å². The van der Waals surface area contributed by atoms with Gasteiger partial charge in [-0.25, -0.2) is 0 Å². The second kappa shape index (κ2) is 3.39. The first-order valence-corrected chi connectivity index (χ1v) is 3.45. The summed E-state index contributed by atoms with van der Waals surface area (Å²) >= 11 is 5.45. The van der Waals surface area contributed by atoms with Gasteiger partial charge in [0.25, 0.3) is 0 Å². The zero-order chi connectivity index (χ0) is 8.27. The minimum absolute atomic E-state index is 0.255. The third-order valence-corrected chi connectivity index (χ3v) is 1.33. The Morgan fingerprint density at radius 2 is 2.55 bits per heavy atom. The second-order valence-electron chi connectivity index (χ2n) is 2.08. The largest absolute Gasteiger partial charge is 0.370 e. The number of carbonyl (C=O) groups excluding carboxylic acids is 1. The van der Waals surface area contributed by atoms with Crippen molar-refractivity contribution in [1.82, 2.24) is 5.16 Å². The molecule has 0 atom stereocenters. The molecular weight excluding hydrogens is 168 g/mol. The average molecular weight is 175 g/mol. The van der Waals surface area contributed by atoms with Crippen LogP contribution in [0.1, 0.15) is 12.2 Å². The molecule has 0 saturated carbocycles. The summed E-state index contributed by atoms with van der Waals surface area (Å²) in [7, 11) is 0. The molecule has 5 heteroatoms. The summed E-state index contributed by atoms with van der Waals surface area (Å²) in [5.41, 5.74) is 4.91. The normalized spacial score (nSPS) is 9.91. The van der Waals surface area contributed by atoms with Crippen molar-refractivity contribution in [2.24, 2.45) is 5.73 Å². The van der Waals surface area contributed by atoms with Gasteiger partial charge in [0, 0.05) is 18.9 Å². The fraction of sp³-hybridized carbons (Fsp3) is 0.333. The molecule has 1 heterocycles. The van der Waals surface area contributed by atoms with E-state index in [4.69, 9.17) is 21.9 Å². The topological polar surface area (TPSA) is 69.1 Å². The minimum Gasteiger partial charge on any atom is -0.370 e. The molecule has 0 aliphatic carbocycles. The summed E-state index contributed by atoms with van der Waals surface area (Å²) in [4.78, 5) is 10.3. The van der Waals surface area contributed by atoms with Crippen LogP contribution in [0, 0.1) is 0 Å². The number of hydrogen-bond donors (Lipinski definition) is 1. The van der Waals surface area contributed by atoms with Gasteiger partial charge in [-0.3, -0.25) is 4.79 Å². The van der Waals surface area contributed by atoms with Crippen LogP contribution in [0.25, 0.3) is 0 Å². The Kier molecular flexibility index (Phi) is 2.48. The van der Waals surface area contributed by atoms with Gasteiger partial charge in [0.1, 0.15) is 5.76 Å². The Balaban J connectivity index is 2.45. The molecule has 0 radical (unpaired) electrons. The van der Waals surface area contributed by atoms with Gasteiger partial charge in [0.2, 0.25) is 5.91 Å². The van der Waals surface area contributed by atoms with Gasteiger partial charge in [0.05, 0.1) is 0 Å². The SMILES string of the molecule is NC(=O)CCc1cc(Cl)no1. The molecule has 0 aliphatic heterocycles. The van der Waals surface area contributed by atoms with Crippen LogP contribution in [0.4, 0.5) is 0 Å². The van der Waals surface area contributed by atoms with E-state index in [2.05, 4.69) is 5.16 Å². The smallest absolute Gasteiger partial charge is 0.217 e. The lowest BCUT2D eigenvalue weighted by Gasteiger charge is -1.88. The number of nitrogens with two attached hydrogens (primary N) is 1. The first kappa shape index (κ1) is 8.07. The number of primary amides is 1. The van der Waals surface area contributed by atoms with Crippen molar-refractivity contribution in [3.05, 3.63) is 17.0 Å². The van der Waals surface area contributed by atoms with E-state index in [9.17, 15) is 4.79 Å². The molecule has 0 spiro atoms. The zero-order valence-electron chi connectivity index (χ0n) is 5.71. The van der Waals surface area contributed by atoms with Crippen LogP contribution in [0.15, 0.2) is 10.6 Å². The van der Waals surface area contributed by atoms with E-state index in [0.717, 1.165) is 0 Å². The van der Waals surface area contributed by atoms with E-state index in [1.54, 1.807) is 6.07 Å². The second-order valence-corrected chi connectivity index (χ2v) is 2.47. The number of hydrogen-bond acceptors (Lipinski definition) is 3. The average Bonchev–Trinajstić information content (AvgIpc) is 2.31. The molecule has 1 aromatic rings. The molecular formula is C6H7ClN2O2. The van der Waals surface area contributed by atoms with Gasteiger partial charge in [-0.1, -0.05) is 16.8 Å². The monoisotopic (exact) mass is 174 g/mol. The molecule has 0 unspecified atom stereocenters. The van der Waals surface area contributed by atoms with Gasteiger partial charge >= 0.3 is 0 Å². The third kappa shape index (κ3) is 2.59. The zero-order valence-corrected chi connectivity index (χ0v) is 6.47. The summed E-state index contributed by atoms with van der Waals surface area (Å²) < 4.78 is 4.72. The number of aryl methyl sites for hydroxylation is 1. The van der Waals surface area contributed by atoms with E-state index < -0.39 is 0 Å². The Morgan fingerprint density at radius 3 is 3.00 bits per heavy atom. The highest BCUT2D eigenvalue weighted by Gasteiger charge is 2.02. The van der Waals surface area contributed by atoms with Crippen molar-refractivity contribution in [2.45, 2.75) is 12.8 Å². The molecule has 1 aromatic heterocycles. The summed E-state index contributed by atoms with van der Waals surface area (Å²) in [6, 6.07) is 1.56. The fourth-order valence-corrected chi connectivity index (χ4v) is 0.808. The lowest BCUT2D eigenvalue weighted by atomic mass is 10.2. The standard InChI is InChI=1S/C6H7ClN2O2/c7-5-3-4(11-9-5)1-2-6(8)10/h3H,1-2H2,(H2,8,10). The molecule has 0 aromatic carbocycles. The first-order valence-electron chi connectivity index (χ1n) is 3.08. The predicted octanol–water partition coefficient (Wildman–Crippen LogP) is 0.746. The summed E-state index contributed by atoms with van der Waals surface area (Å²) in [6.45, 7) is 0. The highest BCUT2D eigenvalue weighted by molar-refractivity contribution is 6.29. The predicted molar refractivity (Wildman–Crippen MR) is 39.0 cm³/mol. The van der Waals surface area contributed by atoms with Crippen molar-refractivity contribution in [1.29, 1.82) is 0 Å². The van der Waals surface area contributed by atoms with E-state index in [1.807, 2.05) is 0 Å². The number of halogens is 1. The number of rotatable bonds is 3. The Hall–Kier alpha value is -1.03. The van der Waals surface area contributed by atoms with Crippen molar-refractivity contribution >= 4 is 17.5 Å². The lowest BCUT2D eigenvalue weighted by Crippen LogP contribution is -2.10. The molecule has 1 rings (SSSR count). The van der Waals surface area contributed by atoms with Crippen molar-refractivity contribution in [3.8, 4) is 0 Å². The fourth-order valence-electron chi connectivity index (χ4n) is 0.652. The summed E-state index contributed by atoms with van der Waals surface area (Å²) in [6.07, 6.45) is 0.709. The first-order chi connectivity index (χ1) is 5.18. The third-order valence-electron chi connectivity index (χ3n) is 1.15. The Labute approximate surface area is 68.3 Å². The van der Waals surface area contributed by atoms with Crippen LogP contribution in [0.3, 0.4) is 0 Å². The van der Waals surface area contributed by atoms with Gasteiger partial charge in [-0.15, -0.1) is 0 Å². The number of aromatic nitrogens is 1. The van der Waals surface area contributed by atoms with Crippen LogP contribution >= 0.6 is 11.6 Å². The van der Waals surface area contributed by atoms with E-state index >= 15 is 0 Å². The van der Waals surface area contributed by atoms with Crippen LogP contribution in [-0.2, 0) is 11.2 Å². The summed E-state index contributed by atoms with van der Waals surface area (Å²) in [5.74, 6) is 0.214. The van der Waals surface area contributed by atoms with Crippen molar-refractivity contribution in [2.75, 3.05) is 0 Å². The highest BCUT2D eigenvalue weighted by atomic mass is 35.5. The molecule has 0 aliphatic rings. The quantitative estimate of drug-likeness (QED) is 0.735. The van der Waals surface area contributed by atoms with Crippen molar-refractivity contribution < 1.29 is 9.32 Å². The van der Waals surface area contributed by atoms with Gasteiger partial charge in [0.15, 0.2) is 5.15 Å². The molecule has 2 N–H and O–H groups in total. The van der Waals surface area contributed by atoms with E-state index in [-0.39, 0.29) is 12.3 Å². The Morgan fingerprint density at radius 1 is 1.82 bits per heavy atom. The van der Waals surface area contributed by atoms with Gasteiger partial charge in [-0.05, 0) is 0 Å². The van der Waals surface area contributed by atoms with Crippen LogP contribution in [-0.4, -0.2) is 11.1 Å². The van der Waals surface area contributed by atoms with E-state index in [1.165, 1.54) is 0 Å². The lowest BCUT2D eigenvalue weighted by molar-refractivity contribution is -0.118. The van der Waals surface area contributed by atoms with Gasteiger partial charge < -0.3 is 10.3 Å². The van der Waals surface area contributed by atoms with Crippen LogP contribution in [0.2, 0.25) is 5.15 Å². The molecule has 0 bridgehead atoms. The highest BCUT2D eigenvalue weighted by Crippen LogP contribution is 2.09. The molecule has 0 saturated heterocycles. The molecule has 60 valence electrons. The Bertz CT molecular complexity index is 259. The number of carbonyl (C=O) groups is 1. The minimum atomic E-state index is -0.363. The maximum absolute atomic E-state index is 10.3. The molecule has 11 heavy (non-hydrogen) atoms. The van der Waals surface area contributed by atoms with Gasteiger partial charge in [-0.2, -0.15) is 0 Å². The number of nitrogens with zero attached hydrogens (tertiary/aromatic N) is 1. The molecule has 0 fully saturated rings. The number of amides is 1. The maximum atomic E-state index is 10.3. The maximum Gasteiger partial charge on any atom is 0.217 e. The van der Waals surface area contributed by atoms with E-state index in [0.29, 0.717) is 17.3 Å². The van der Waals surface area contributed by atoms with Crippen LogP contribution in [0.5, 0.6) is 0 Å². The summed E-state index contributed by atoms with van der Waals surface area (Å²) in [5, 5.41) is 3.73. The van der Waals surface area contributed by atoms with Crippen LogP contribution < -0.4 is 5.73 Å². The molecule has 4 nitrogen and oxygen atoms in total.